The van der Waals surface area contributed by atoms with Crippen LogP contribution < -0.4 is 5.73 Å². The lowest BCUT2D eigenvalue weighted by molar-refractivity contribution is 0.513. The number of anilines is 1. The van der Waals surface area contributed by atoms with Crippen LogP contribution >= 0.6 is 11.6 Å². The molecule has 0 saturated carbocycles. The maximum absolute atomic E-state index is 14.3. The number of hydrogen-bond acceptors (Lipinski definition) is 3. The van der Waals surface area contributed by atoms with E-state index in [1.165, 1.54) is 12.3 Å². The number of pyridine rings is 2. The van der Waals surface area contributed by atoms with E-state index in [2.05, 4.69) is 9.97 Å². The lowest BCUT2D eigenvalue weighted by atomic mass is 10.0. The molecule has 0 aliphatic heterocycles. The number of hydrogen-bond donors (Lipinski definition) is 1. The highest BCUT2D eigenvalue weighted by Gasteiger charge is 2.19. The van der Waals surface area contributed by atoms with Gasteiger partial charge >= 0.3 is 0 Å². The Balaban J connectivity index is 2.37. The second kappa shape index (κ2) is 5.50. The molecule has 0 amide bonds. The fraction of sp³-hybridized carbons (Fsp3) is 0.125. The van der Waals surface area contributed by atoms with Crippen LogP contribution in [0, 0.1) is 11.6 Å². The number of nitrogen functional groups attached to an aromatic ring is 1. The van der Waals surface area contributed by atoms with E-state index in [9.17, 15) is 8.78 Å². The number of aryl methyl sites for hydroxylation is 1. The van der Waals surface area contributed by atoms with Gasteiger partial charge < -0.3 is 5.73 Å². The molecule has 0 fully saturated rings. The van der Waals surface area contributed by atoms with E-state index < -0.39 is 11.6 Å². The first-order valence-corrected chi connectivity index (χ1v) is 7.08. The van der Waals surface area contributed by atoms with Gasteiger partial charge in [0.05, 0.1) is 16.1 Å². The van der Waals surface area contributed by atoms with Crippen LogP contribution in [0.25, 0.3) is 22.0 Å². The average molecular weight is 320 g/mol. The molecule has 1 aromatic carbocycles. The van der Waals surface area contributed by atoms with Crippen LogP contribution in [0.3, 0.4) is 0 Å². The first kappa shape index (κ1) is 14.7. The van der Waals surface area contributed by atoms with Crippen LogP contribution in [-0.4, -0.2) is 9.97 Å². The van der Waals surface area contributed by atoms with Gasteiger partial charge in [0.15, 0.2) is 11.6 Å². The number of nitrogens with two attached hydrogens (primary N) is 1. The van der Waals surface area contributed by atoms with E-state index in [1.807, 2.05) is 6.92 Å². The summed E-state index contributed by atoms with van der Waals surface area (Å²) in [7, 11) is 0. The molecular formula is C16H12ClF2N3. The topological polar surface area (TPSA) is 51.8 Å². The minimum absolute atomic E-state index is 0.000630. The van der Waals surface area contributed by atoms with Crippen LogP contribution in [0.5, 0.6) is 0 Å². The SMILES string of the molecule is CCc1ccc(-c2c(F)c(F)cc3cc(Cl)cnc23)c(N)n1. The molecule has 0 bridgehead atoms. The van der Waals surface area contributed by atoms with Gasteiger partial charge in [-0.15, -0.1) is 0 Å². The highest BCUT2D eigenvalue weighted by atomic mass is 35.5. The number of nitrogens with zero attached hydrogens (tertiary/aromatic N) is 2. The van der Waals surface area contributed by atoms with Crippen LogP contribution in [0.1, 0.15) is 12.6 Å². The molecule has 22 heavy (non-hydrogen) atoms. The minimum atomic E-state index is -1.000. The van der Waals surface area contributed by atoms with E-state index >= 15 is 0 Å². The van der Waals surface area contributed by atoms with Crippen molar-refractivity contribution in [2.75, 3.05) is 5.73 Å². The predicted octanol–water partition coefficient (Wildman–Crippen LogP) is 4.37. The predicted molar refractivity (Wildman–Crippen MR) is 83.7 cm³/mol. The summed E-state index contributed by atoms with van der Waals surface area (Å²) < 4.78 is 28.2. The largest absolute Gasteiger partial charge is 0.383 e. The summed E-state index contributed by atoms with van der Waals surface area (Å²) >= 11 is 5.86. The standard InChI is InChI=1S/C16H12ClF2N3/c1-2-10-3-4-11(16(20)22-10)13-14(19)12(18)6-8-5-9(17)7-21-15(8)13/h3-7H,2H2,1H3,(H2,20,22). The molecule has 0 spiro atoms. The summed E-state index contributed by atoms with van der Waals surface area (Å²) in [6.07, 6.45) is 2.08. The number of fused-ring (bicyclic) bond motifs is 1. The lowest BCUT2D eigenvalue weighted by Crippen LogP contribution is -2.01. The van der Waals surface area contributed by atoms with Crippen molar-refractivity contribution in [3.8, 4) is 11.1 Å². The quantitative estimate of drug-likeness (QED) is 0.763. The fourth-order valence-electron chi connectivity index (χ4n) is 2.37. The summed E-state index contributed by atoms with van der Waals surface area (Å²) in [5.74, 6) is -1.84. The molecule has 2 heterocycles. The van der Waals surface area contributed by atoms with Crippen molar-refractivity contribution in [3.63, 3.8) is 0 Å². The van der Waals surface area contributed by atoms with Gasteiger partial charge in [0, 0.05) is 22.8 Å². The molecule has 0 saturated heterocycles. The van der Waals surface area contributed by atoms with Crippen LogP contribution in [0.2, 0.25) is 5.02 Å². The zero-order chi connectivity index (χ0) is 15.9. The molecule has 3 aromatic rings. The van der Waals surface area contributed by atoms with Crippen LogP contribution in [-0.2, 0) is 6.42 Å². The Morgan fingerprint density at radius 3 is 2.68 bits per heavy atom. The Morgan fingerprint density at radius 2 is 2.00 bits per heavy atom. The first-order valence-electron chi connectivity index (χ1n) is 6.70. The van der Waals surface area contributed by atoms with E-state index in [0.717, 1.165) is 11.8 Å². The summed E-state index contributed by atoms with van der Waals surface area (Å²) in [5, 5.41) is 0.747. The molecule has 0 aliphatic carbocycles. The molecule has 2 N–H and O–H groups in total. The third-order valence-electron chi connectivity index (χ3n) is 3.45. The van der Waals surface area contributed by atoms with Crippen LogP contribution in [0.15, 0.2) is 30.5 Å². The van der Waals surface area contributed by atoms with E-state index in [0.29, 0.717) is 27.9 Å². The Labute approximate surface area is 130 Å². The highest BCUT2D eigenvalue weighted by molar-refractivity contribution is 6.31. The summed E-state index contributed by atoms with van der Waals surface area (Å²) in [5.41, 5.74) is 7.30. The van der Waals surface area contributed by atoms with Gasteiger partial charge in [-0.05, 0) is 30.7 Å². The molecule has 0 radical (unpaired) electrons. The van der Waals surface area contributed by atoms with E-state index in [-0.39, 0.29) is 11.4 Å². The van der Waals surface area contributed by atoms with Crippen molar-refractivity contribution in [1.29, 1.82) is 0 Å². The zero-order valence-electron chi connectivity index (χ0n) is 11.7. The smallest absolute Gasteiger partial charge is 0.168 e. The lowest BCUT2D eigenvalue weighted by Gasteiger charge is -2.11. The van der Waals surface area contributed by atoms with Gasteiger partial charge in [-0.3, -0.25) is 4.98 Å². The third kappa shape index (κ3) is 2.37. The summed E-state index contributed by atoms with van der Waals surface area (Å²) in [4.78, 5) is 8.32. The monoisotopic (exact) mass is 319 g/mol. The molecule has 3 nitrogen and oxygen atoms in total. The fourth-order valence-corrected chi connectivity index (χ4v) is 2.53. The van der Waals surface area contributed by atoms with Crippen molar-refractivity contribution in [2.45, 2.75) is 13.3 Å². The van der Waals surface area contributed by atoms with Gasteiger partial charge in [-0.25, -0.2) is 13.8 Å². The van der Waals surface area contributed by atoms with Crippen molar-refractivity contribution >= 4 is 28.3 Å². The Hall–Kier alpha value is -2.27. The first-order chi connectivity index (χ1) is 10.5. The molecular weight excluding hydrogens is 308 g/mol. The van der Waals surface area contributed by atoms with Crippen LogP contribution in [0.4, 0.5) is 14.6 Å². The number of aromatic nitrogens is 2. The Bertz CT molecular complexity index is 881. The van der Waals surface area contributed by atoms with Crippen molar-refractivity contribution in [3.05, 3.63) is 52.8 Å². The zero-order valence-corrected chi connectivity index (χ0v) is 12.5. The normalized spacial score (nSPS) is 11.1. The molecule has 2 aromatic heterocycles. The molecule has 6 heteroatoms. The van der Waals surface area contributed by atoms with Gasteiger partial charge in [-0.2, -0.15) is 0 Å². The maximum Gasteiger partial charge on any atom is 0.168 e. The average Bonchev–Trinajstić information content (AvgIpc) is 2.49. The molecule has 0 unspecified atom stereocenters. The van der Waals surface area contributed by atoms with Crippen molar-refractivity contribution < 1.29 is 8.78 Å². The molecule has 3 rings (SSSR count). The number of halogens is 3. The van der Waals surface area contributed by atoms with Crippen molar-refractivity contribution in [1.82, 2.24) is 9.97 Å². The Morgan fingerprint density at radius 1 is 1.23 bits per heavy atom. The highest BCUT2D eigenvalue weighted by Crippen LogP contribution is 2.35. The second-order valence-corrected chi connectivity index (χ2v) is 5.30. The van der Waals surface area contributed by atoms with E-state index in [4.69, 9.17) is 17.3 Å². The molecule has 0 aliphatic rings. The maximum atomic E-state index is 14.3. The van der Waals surface area contributed by atoms with Gasteiger partial charge in [0.2, 0.25) is 0 Å². The number of benzene rings is 1. The van der Waals surface area contributed by atoms with Gasteiger partial charge in [0.25, 0.3) is 0 Å². The second-order valence-electron chi connectivity index (χ2n) is 4.86. The van der Waals surface area contributed by atoms with Gasteiger partial charge in [0.1, 0.15) is 5.82 Å². The number of rotatable bonds is 2. The minimum Gasteiger partial charge on any atom is -0.383 e. The van der Waals surface area contributed by atoms with E-state index in [1.54, 1.807) is 12.1 Å². The van der Waals surface area contributed by atoms with Crippen molar-refractivity contribution in [2.24, 2.45) is 0 Å². The third-order valence-corrected chi connectivity index (χ3v) is 3.65. The summed E-state index contributed by atoms with van der Waals surface area (Å²) in [6, 6.07) is 5.96. The van der Waals surface area contributed by atoms with Gasteiger partial charge in [-0.1, -0.05) is 18.5 Å². The Kier molecular flexibility index (Phi) is 3.66. The summed E-state index contributed by atoms with van der Waals surface area (Å²) in [6.45, 7) is 1.93. The molecule has 112 valence electrons. The molecule has 0 atom stereocenters.